The summed E-state index contributed by atoms with van der Waals surface area (Å²) in [6.07, 6.45) is -1.18. The second kappa shape index (κ2) is 5.74. The molecule has 8 heteroatoms. The number of carbonyl (C=O) groups is 1. The molecule has 1 N–H and O–H groups in total. The molecular formula is C12H11F2N3O3. The average molecular weight is 283 g/mol. The minimum absolute atomic E-state index is 0.0524. The molecule has 20 heavy (non-hydrogen) atoms. The molecule has 1 atom stereocenters. The lowest BCUT2D eigenvalue weighted by atomic mass is 10.1. The molecule has 0 aliphatic heterocycles. The highest BCUT2D eigenvalue weighted by molar-refractivity contribution is 5.94. The van der Waals surface area contributed by atoms with E-state index in [1.165, 1.54) is 7.11 Å². The molecule has 106 valence electrons. The van der Waals surface area contributed by atoms with E-state index in [-0.39, 0.29) is 11.4 Å². The quantitative estimate of drug-likeness (QED) is 0.928. The molecule has 2 rings (SSSR count). The average Bonchev–Trinajstić information content (AvgIpc) is 2.74. The van der Waals surface area contributed by atoms with Crippen molar-refractivity contribution in [3.63, 3.8) is 0 Å². The molecule has 0 aliphatic carbocycles. The third-order valence-electron chi connectivity index (χ3n) is 2.56. The highest BCUT2D eigenvalue weighted by Crippen LogP contribution is 2.21. The monoisotopic (exact) mass is 283 g/mol. The Hall–Kier alpha value is -2.35. The van der Waals surface area contributed by atoms with Crippen molar-refractivity contribution in [3.8, 4) is 0 Å². The van der Waals surface area contributed by atoms with Crippen LogP contribution in [0, 0.1) is 18.6 Å². The number of aryl methyl sites for hydroxylation is 1. The number of anilines is 1. The van der Waals surface area contributed by atoms with Gasteiger partial charge in [0.1, 0.15) is 17.3 Å². The van der Waals surface area contributed by atoms with Crippen LogP contribution < -0.4 is 5.32 Å². The summed E-state index contributed by atoms with van der Waals surface area (Å²) in [4.78, 5) is 12.0. The second-order valence-corrected chi connectivity index (χ2v) is 4.01. The van der Waals surface area contributed by atoms with Crippen LogP contribution in [-0.2, 0) is 9.53 Å². The van der Waals surface area contributed by atoms with Gasteiger partial charge in [0.05, 0.1) is 0 Å². The summed E-state index contributed by atoms with van der Waals surface area (Å²) in [6, 6.07) is 2.75. The first-order chi connectivity index (χ1) is 9.51. The number of ether oxygens (including phenoxy) is 1. The first-order valence-electron chi connectivity index (χ1n) is 5.60. The SMILES string of the molecule is COC(C(=O)Nc1nonc1C)c1cc(F)cc(F)c1. The van der Waals surface area contributed by atoms with E-state index in [4.69, 9.17) is 4.74 Å². The fraction of sp³-hybridized carbons (Fsp3) is 0.250. The van der Waals surface area contributed by atoms with Crippen LogP contribution in [0.3, 0.4) is 0 Å². The van der Waals surface area contributed by atoms with Crippen molar-refractivity contribution in [2.24, 2.45) is 0 Å². The van der Waals surface area contributed by atoms with E-state index in [1.807, 2.05) is 0 Å². The Morgan fingerprint density at radius 2 is 1.95 bits per heavy atom. The number of hydrogen-bond acceptors (Lipinski definition) is 5. The van der Waals surface area contributed by atoms with Gasteiger partial charge in [0.25, 0.3) is 5.91 Å². The van der Waals surface area contributed by atoms with Crippen molar-refractivity contribution in [1.29, 1.82) is 0 Å². The molecule has 1 aromatic carbocycles. The summed E-state index contributed by atoms with van der Waals surface area (Å²) >= 11 is 0. The summed E-state index contributed by atoms with van der Waals surface area (Å²) in [6.45, 7) is 1.58. The van der Waals surface area contributed by atoms with Gasteiger partial charge in [0.15, 0.2) is 11.9 Å². The van der Waals surface area contributed by atoms with E-state index >= 15 is 0 Å². The number of carbonyl (C=O) groups excluding carboxylic acids is 1. The van der Waals surface area contributed by atoms with Gasteiger partial charge in [-0.2, -0.15) is 0 Å². The largest absolute Gasteiger partial charge is 0.367 e. The van der Waals surface area contributed by atoms with Crippen molar-refractivity contribution in [3.05, 3.63) is 41.1 Å². The fourth-order valence-electron chi connectivity index (χ4n) is 1.65. The van der Waals surface area contributed by atoms with Crippen molar-refractivity contribution < 1.29 is 22.9 Å². The zero-order valence-electron chi connectivity index (χ0n) is 10.7. The second-order valence-electron chi connectivity index (χ2n) is 4.01. The first kappa shape index (κ1) is 14.1. The Morgan fingerprint density at radius 1 is 1.30 bits per heavy atom. The molecule has 1 unspecified atom stereocenters. The molecule has 0 fully saturated rings. The summed E-state index contributed by atoms with van der Waals surface area (Å²) in [5.74, 6) is -2.12. The molecule has 0 bridgehead atoms. The van der Waals surface area contributed by atoms with Crippen LogP contribution in [0.2, 0.25) is 0 Å². The molecule has 1 amide bonds. The Bertz CT molecular complexity index is 610. The van der Waals surface area contributed by atoms with Crippen molar-refractivity contribution >= 4 is 11.7 Å². The number of nitrogens with zero attached hydrogens (tertiary/aromatic N) is 2. The first-order valence-corrected chi connectivity index (χ1v) is 5.60. The van der Waals surface area contributed by atoms with Crippen LogP contribution >= 0.6 is 0 Å². The molecule has 0 aliphatic rings. The molecular weight excluding hydrogens is 272 g/mol. The van der Waals surface area contributed by atoms with Gasteiger partial charge >= 0.3 is 0 Å². The van der Waals surface area contributed by atoms with Crippen LogP contribution in [0.25, 0.3) is 0 Å². The number of amides is 1. The number of methoxy groups -OCH3 is 1. The van der Waals surface area contributed by atoms with Gasteiger partial charge in [-0.25, -0.2) is 13.4 Å². The summed E-state index contributed by atoms with van der Waals surface area (Å²) < 4.78 is 35.7. The van der Waals surface area contributed by atoms with E-state index in [9.17, 15) is 13.6 Å². The third kappa shape index (κ3) is 2.97. The molecule has 1 aromatic heterocycles. The van der Waals surface area contributed by atoms with E-state index in [1.54, 1.807) is 6.92 Å². The number of nitrogens with one attached hydrogen (secondary N) is 1. The summed E-state index contributed by atoms with van der Waals surface area (Å²) in [5.41, 5.74) is 0.426. The number of hydrogen-bond donors (Lipinski definition) is 1. The number of benzene rings is 1. The Labute approximate surface area is 112 Å². The van der Waals surface area contributed by atoms with Gasteiger partial charge in [-0.1, -0.05) is 5.16 Å². The van der Waals surface area contributed by atoms with Gasteiger partial charge in [0.2, 0.25) is 0 Å². The van der Waals surface area contributed by atoms with Gasteiger partial charge in [-0.15, -0.1) is 0 Å². The van der Waals surface area contributed by atoms with Gasteiger partial charge in [-0.3, -0.25) is 4.79 Å². The Balaban J connectivity index is 2.23. The highest BCUT2D eigenvalue weighted by Gasteiger charge is 2.23. The minimum Gasteiger partial charge on any atom is -0.367 e. The van der Waals surface area contributed by atoms with Crippen LogP contribution in [0.15, 0.2) is 22.8 Å². The maximum absolute atomic E-state index is 13.2. The maximum Gasteiger partial charge on any atom is 0.259 e. The predicted molar refractivity (Wildman–Crippen MR) is 63.8 cm³/mol. The standard InChI is InChI=1S/C12H11F2N3O3/c1-6-11(17-20-16-6)15-12(18)10(19-2)7-3-8(13)5-9(14)4-7/h3-5,10H,1-2H3,(H,15,17,18). The summed E-state index contributed by atoms with van der Waals surface area (Å²) in [5, 5.41) is 9.38. The molecule has 1 heterocycles. The number of halogens is 2. The third-order valence-corrected chi connectivity index (χ3v) is 2.56. The molecule has 2 aromatic rings. The van der Waals surface area contributed by atoms with Crippen molar-refractivity contribution in [1.82, 2.24) is 10.3 Å². The lowest BCUT2D eigenvalue weighted by Crippen LogP contribution is -2.23. The van der Waals surface area contributed by atoms with E-state index in [2.05, 4.69) is 20.3 Å². The fourth-order valence-corrected chi connectivity index (χ4v) is 1.65. The van der Waals surface area contributed by atoms with E-state index in [0.717, 1.165) is 12.1 Å². The molecule has 0 saturated carbocycles. The smallest absolute Gasteiger partial charge is 0.259 e. The maximum atomic E-state index is 13.2. The molecule has 0 radical (unpaired) electrons. The lowest BCUT2D eigenvalue weighted by molar-refractivity contribution is -0.126. The van der Waals surface area contributed by atoms with Crippen LogP contribution in [0.5, 0.6) is 0 Å². The zero-order chi connectivity index (χ0) is 14.7. The summed E-state index contributed by atoms with van der Waals surface area (Å²) in [7, 11) is 1.25. The van der Waals surface area contributed by atoms with Crippen molar-refractivity contribution in [2.45, 2.75) is 13.0 Å². The molecule has 6 nitrogen and oxygen atoms in total. The Kier molecular flexibility index (Phi) is 4.04. The number of aromatic nitrogens is 2. The van der Waals surface area contributed by atoms with Crippen molar-refractivity contribution in [2.75, 3.05) is 12.4 Å². The lowest BCUT2D eigenvalue weighted by Gasteiger charge is -2.14. The Morgan fingerprint density at radius 3 is 2.45 bits per heavy atom. The van der Waals surface area contributed by atoms with Gasteiger partial charge in [-0.05, 0) is 29.8 Å². The van der Waals surface area contributed by atoms with Gasteiger partial charge < -0.3 is 10.1 Å². The minimum atomic E-state index is -1.18. The predicted octanol–water partition coefficient (Wildman–Crippen LogP) is 1.98. The van der Waals surface area contributed by atoms with E-state index in [0.29, 0.717) is 11.8 Å². The van der Waals surface area contributed by atoms with Crippen LogP contribution in [0.1, 0.15) is 17.4 Å². The van der Waals surface area contributed by atoms with E-state index < -0.39 is 23.6 Å². The molecule has 0 saturated heterocycles. The normalized spacial score (nSPS) is 12.2. The molecule has 0 spiro atoms. The van der Waals surface area contributed by atoms with Crippen LogP contribution in [-0.4, -0.2) is 23.3 Å². The van der Waals surface area contributed by atoms with Crippen LogP contribution in [0.4, 0.5) is 14.6 Å². The number of rotatable bonds is 4. The zero-order valence-corrected chi connectivity index (χ0v) is 10.7. The van der Waals surface area contributed by atoms with Gasteiger partial charge in [0, 0.05) is 13.2 Å². The highest BCUT2D eigenvalue weighted by atomic mass is 19.1. The topological polar surface area (TPSA) is 77.2 Å².